The predicted molar refractivity (Wildman–Crippen MR) is 177 cm³/mol. The number of hydrogen-bond acceptors (Lipinski definition) is 8. The standard InChI is InChI=1S/C35H42N4O6S/c1-23-19-39(24(2)22-40)34(41)18-30-17-31(37-46(42,43)35-25(3)36-45-26(35)4)15-16-32(30)44-33(23)21-38(5)20-27-11-13-29(14-12-27)28-9-7-6-8-10-28/h6-17,23-24,33,37,40H,18-22H2,1-5H3/t23-,24-,33+/m1/s1. The van der Waals surface area contributed by atoms with E-state index < -0.39 is 10.0 Å². The molecule has 46 heavy (non-hydrogen) atoms. The maximum absolute atomic E-state index is 13.6. The molecule has 10 nitrogen and oxygen atoms in total. The van der Waals surface area contributed by atoms with Crippen LogP contribution in [-0.4, -0.2) is 73.3 Å². The number of aromatic nitrogens is 1. The van der Waals surface area contributed by atoms with Crippen LogP contribution < -0.4 is 9.46 Å². The Morgan fingerprint density at radius 2 is 1.76 bits per heavy atom. The number of likely N-dealkylation sites (N-methyl/N-ethyl adjacent to an activating group) is 1. The van der Waals surface area contributed by atoms with Gasteiger partial charge in [0.15, 0.2) is 10.7 Å². The van der Waals surface area contributed by atoms with Crippen molar-refractivity contribution in [1.29, 1.82) is 0 Å². The van der Waals surface area contributed by atoms with Crippen molar-refractivity contribution in [3.8, 4) is 16.9 Å². The Hall–Kier alpha value is -4.19. The van der Waals surface area contributed by atoms with Gasteiger partial charge >= 0.3 is 0 Å². The minimum atomic E-state index is -3.99. The monoisotopic (exact) mass is 646 g/mol. The van der Waals surface area contributed by atoms with Gasteiger partial charge in [0.1, 0.15) is 17.5 Å². The van der Waals surface area contributed by atoms with E-state index in [1.807, 2.05) is 32.2 Å². The third-order valence-electron chi connectivity index (χ3n) is 8.41. The van der Waals surface area contributed by atoms with E-state index in [1.165, 1.54) is 11.1 Å². The number of fused-ring (bicyclic) bond motifs is 1. The maximum Gasteiger partial charge on any atom is 0.267 e. The first kappa shape index (κ1) is 33.2. The molecule has 0 saturated carbocycles. The minimum absolute atomic E-state index is 0.0103. The Kier molecular flexibility index (Phi) is 10.1. The van der Waals surface area contributed by atoms with Crippen molar-refractivity contribution in [2.24, 2.45) is 5.92 Å². The molecule has 3 aromatic carbocycles. The van der Waals surface area contributed by atoms with Gasteiger partial charge in [-0.2, -0.15) is 0 Å². The molecular formula is C35H42N4O6S. The maximum atomic E-state index is 13.6. The van der Waals surface area contributed by atoms with Gasteiger partial charge in [0, 0.05) is 36.8 Å². The lowest BCUT2D eigenvalue weighted by Gasteiger charge is -2.34. The molecule has 0 bridgehead atoms. The SMILES string of the molecule is Cc1noc(C)c1S(=O)(=O)Nc1ccc2c(c1)CC(=O)N([C@H](C)CO)C[C@@H](C)[C@H](CN(C)Cc1ccc(-c3ccccc3)cc1)O2. The van der Waals surface area contributed by atoms with Crippen molar-refractivity contribution in [3.63, 3.8) is 0 Å². The molecule has 1 aliphatic heterocycles. The van der Waals surface area contributed by atoms with Crippen molar-refractivity contribution in [2.45, 2.75) is 57.7 Å². The molecule has 0 unspecified atom stereocenters. The Morgan fingerprint density at radius 1 is 1.07 bits per heavy atom. The van der Waals surface area contributed by atoms with Crippen LogP contribution in [0.3, 0.4) is 0 Å². The number of amides is 1. The zero-order valence-corrected chi connectivity index (χ0v) is 27.8. The van der Waals surface area contributed by atoms with Gasteiger partial charge in [0.25, 0.3) is 10.0 Å². The molecule has 0 radical (unpaired) electrons. The Bertz CT molecular complexity index is 1740. The lowest BCUT2D eigenvalue weighted by atomic mass is 10.0. The van der Waals surface area contributed by atoms with E-state index in [0.29, 0.717) is 30.9 Å². The molecule has 2 N–H and O–H groups in total. The molecule has 1 amide bonds. The molecule has 1 aliphatic rings. The van der Waals surface area contributed by atoms with Gasteiger partial charge in [-0.1, -0.05) is 66.7 Å². The highest BCUT2D eigenvalue weighted by molar-refractivity contribution is 7.92. The fourth-order valence-corrected chi connectivity index (χ4v) is 7.27. The number of anilines is 1. The highest BCUT2D eigenvalue weighted by Crippen LogP contribution is 2.31. The number of carbonyl (C=O) groups excluding carboxylic acids is 1. The lowest BCUT2D eigenvalue weighted by Crippen LogP contribution is -2.47. The molecule has 11 heteroatoms. The van der Waals surface area contributed by atoms with Gasteiger partial charge in [-0.3, -0.25) is 14.4 Å². The van der Waals surface area contributed by atoms with E-state index in [2.05, 4.69) is 58.1 Å². The molecule has 0 aliphatic carbocycles. The molecule has 0 spiro atoms. The van der Waals surface area contributed by atoms with E-state index >= 15 is 0 Å². The number of aliphatic hydroxyl groups is 1. The van der Waals surface area contributed by atoms with Crippen molar-refractivity contribution < 1.29 is 27.6 Å². The van der Waals surface area contributed by atoms with Crippen molar-refractivity contribution in [1.82, 2.24) is 15.0 Å². The van der Waals surface area contributed by atoms with E-state index in [4.69, 9.17) is 9.26 Å². The number of sulfonamides is 1. The summed E-state index contributed by atoms with van der Waals surface area (Å²) in [6.45, 7) is 8.49. The third kappa shape index (κ3) is 7.60. The van der Waals surface area contributed by atoms with Crippen molar-refractivity contribution in [2.75, 3.05) is 31.5 Å². The largest absolute Gasteiger partial charge is 0.488 e. The van der Waals surface area contributed by atoms with Gasteiger partial charge in [0.2, 0.25) is 5.91 Å². The number of nitrogens with one attached hydrogen (secondary N) is 1. The Balaban J connectivity index is 1.38. The first-order valence-electron chi connectivity index (χ1n) is 15.4. The Morgan fingerprint density at radius 3 is 2.41 bits per heavy atom. The normalized spacial score (nSPS) is 17.9. The number of carbonyl (C=O) groups is 1. The number of rotatable bonds is 10. The number of hydrogen-bond donors (Lipinski definition) is 2. The third-order valence-corrected chi connectivity index (χ3v) is 10.0. The van der Waals surface area contributed by atoms with Crippen LogP contribution in [0.1, 0.15) is 36.4 Å². The second-order valence-corrected chi connectivity index (χ2v) is 13.8. The van der Waals surface area contributed by atoms with Crippen LogP contribution in [-0.2, 0) is 27.8 Å². The second kappa shape index (κ2) is 14.1. The Labute approximate surface area is 271 Å². The molecule has 2 heterocycles. The molecule has 3 atom stereocenters. The minimum Gasteiger partial charge on any atom is -0.488 e. The van der Waals surface area contributed by atoms with Crippen LogP contribution in [0.4, 0.5) is 5.69 Å². The van der Waals surface area contributed by atoms with Gasteiger partial charge in [0.05, 0.1) is 19.1 Å². The second-order valence-electron chi connectivity index (χ2n) is 12.2. The first-order valence-corrected chi connectivity index (χ1v) is 16.9. The van der Waals surface area contributed by atoms with Gasteiger partial charge < -0.3 is 19.3 Å². The molecule has 1 aromatic heterocycles. The van der Waals surface area contributed by atoms with Crippen LogP contribution in [0.2, 0.25) is 0 Å². The highest BCUT2D eigenvalue weighted by Gasteiger charge is 2.32. The summed E-state index contributed by atoms with van der Waals surface area (Å²) < 4.78 is 40.7. The average molecular weight is 647 g/mol. The fraction of sp³-hybridized carbons (Fsp3) is 0.371. The molecule has 0 saturated heterocycles. The summed E-state index contributed by atoms with van der Waals surface area (Å²) in [5.74, 6) is 0.471. The number of ether oxygens (including phenoxy) is 1. The summed E-state index contributed by atoms with van der Waals surface area (Å²) >= 11 is 0. The zero-order valence-electron chi connectivity index (χ0n) is 26.9. The zero-order chi connectivity index (χ0) is 33.0. The summed E-state index contributed by atoms with van der Waals surface area (Å²) in [6.07, 6.45) is -0.305. The van der Waals surface area contributed by atoms with E-state index in [-0.39, 0.29) is 59.0 Å². The predicted octanol–water partition coefficient (Wildman–Crippen LogP) is 5.04. The van der Waals surface area contributed by atoms with Gasteiger partial charge in [-0.25, -0.2) is 8.42 Å². The lowest BCUT2D eigenvalue weighted by molar-refractivity contribution is -0.134. The number of benzene rings is 3. The fourth-order valence-electron chi connectivity index (χ4n) is 5.89. The highest BCUT2D eigenvalue weighted by atomic mass is 32.2. The van der Waals surface area contributed by atoms with Crippen LogP contribution in [0.25, 0.3) is 11.1 Å². The van der Waals surface area contributed by atoms with Crippen LogP contribution in [0.5, 0.6) is 5.75 Å². The summed E-state index contributed by atoms with van der Waals surface area (Å²) in [5.41, 5.74) is 4.60. The quantitative estimate of drug-likeness (QED) is 0.246. The van der Waals surface area contributed by atoms with Gasteiger partial charge in [-0.15, -0.1) is 0 Å². The number of nitrogens with zero attached hydrogens (tertiary/aromatic N) is 3. The molecule has 5 rings (SSSR count). The first-order chi connectivity index (χ1) is 21.9. The summed E-state index contributed by atoms with van der Waals surface area (Å²) in [6, 6.07) is 23.4. The molecule has 0 fully saturated rings. The van der Waals surface area contributed by atoms with Crippen LogP contribution >= 0.6 is 0 Å². The van der Waals surface area contributed by atoms with Crippen molar-refractivity contribution >= 4 is 21.6 Å². The summed E-state index contributed by atoms with van der Waals surface area (Å²) in [7, 11) is -1.95. The van der Waals surface area contributed by atoms with E-state index in [0.717, 1.165) is 5.56 Å². The average Bonchev–Trinajstić information content (AvgIpc) is 3.40. The topological polar surface area (TPSA) is 125 Å². The summed E-state index contributed by atoms with van der Waals surface area (Å²) in [4.78, 5) is 17.5. The smallest absolute Gasteiger partial charge is 0.267 e. The van der Waals surface area contributed by atoms with Crippen molar-refractivity contribution in [3.05, 3.63) is 95.4 Å². The van der Waals surface area contributed by atoms with E-state index in [1.54, 1.807) is 36.9 Å². The summed E-state index contributed by atoms with van der Waals surface area (Å²) in [5, 5.41) is 13.7. The van der Waals surface area contributed by atoms with Crippen LogP contribution in [0, 0.1) is 19.8 Å². The number of aliphatic hydroxyl groups excluding tert-OH is 1. The molecular weight excluding hydrogens is 604 g/mol. The molecule has 244 valence electrons. The number of aryl methyl sites for hydroxylation is 2. The van der Waals surface area contributed by atoms with Crippen LogP contribution in [0.15, 0.2) is 82.2 Å². The molecule has 4 aromatic rings. The van der Waals surface area contributed by atoms with Gasteiger partial charge in [-0.05, 0) is 62.7 Å². The van der Waals surface area contributed by atoms with E-state index in [9.17, 15) is 18.3 Å².